The second kappa shape index (κ2) is 7.89. The first kappa shape index (κ1) is 16.4. The molecule has 0 heterocycles. The van der Waals surface area contributed by atoms with E-state index < -0.39 is 0 Å². The van der Waals surface area contributed by atoms with Crippen LogP contribution in [0.5, 0.6) is 0 Å². The molecule has 3 rings (SSSR count). The summed E-state index contributed by atoms with van der Waals surface area (Å²) in [6.45, 7) is 0. The van der Waals surface area contributed by atoms with Gasteiger partial charge in [0.15, 0.2) is 0 Å². The van der Waals surface area contributed by atoms with Crippen LogP contribution in [0.15, 0.2) is 48.5 Å². The Bertz CT molecular complexity index is 689. The van der Waals surface area contributed by atoms with Gasteiger partial charge in [-0.2, -0.15) is 0 Å². The van der Waals surface area contributed by atoms with Crippen LogP contribution in [0.3, 0.4) is 0 Å². The van der Waals surface area contributed by atoms with Crippen LogP contribution >= 0.6 is 23.4 Å². The monoisotopic (exact) mass is 345 g/mol. The minimum absolute atomic E-state index is 0.110. The molecule has 0 saturated heterocycles. The van der Waals surface area contributed by atoms with Gasteiger partial charge in [-0.15, -0.1) is 11.8 Å². The predicted molar refractivity (Wildman–Crippen MR) is 97.9 cm³/mol. The number of thioether (sulfide) groups is 1. The van der Waals surface area contributed by atoms with Crippen LogP contribution in [0.25, 0.3) is 0 Å². The Hall–Kier alpha value is -1.45. The molecule has 1 N–H and O–H groups in total. The summed E-state index contributed by atoms with van der Waals surface area (Å²) in [5.41, 5.74) is 3.81. The molecule has 0 bridgehead atoms. The van der Waals surface area contributed by atoms with Crippen molar-refractivity contribution in [3.8, 4) is 0 Å². The molecule has 0 spiro atoms. The molecule has 1 aliphatic carbocycles. The molecule has 1 atom stereocenters. The summed E-state index contributed by atoms with van der Waals surface area (Å²) in [6.07, 6.45) is 3.28. The van der Waals surface area contributed by atoms with Crippen LogP contribution in [0.2, 0.25) is 5.02 Å². The molecule has 1 aliphatic rings. The standard InChI is InChI=1S/C19H20ClNOS/c20-16-8-3-5-14(11-16)12-23-13-19(22)21-18-10-4-7-15-6-1-2-9-17(15)18/h1-3,5-6,8-9,11,18H,4,7,10,12-13H2,(H,21,22)/t18-/m0/s1. The van der Waals surface area contributed by atoms with Crippen LogP contribution in [-0.2, 0) is 17.0 Å². The highest BCUT2D eigenvalue weighted by atomic mass is 35.5. The largest absolute Gasteiger partial charge is 0.349 e. The van der Waals surface area contributed by atoms with Gasteiger partial charge in [-0.25, -0.2) is 0 Å². The number of amides is 1. The van der Waals surface area contributed by atoms with E-state index >= 15 is 0 Å². The van der Waals surface area contributed by atoms with Crippen molar-refractivity contribution in [3.63, 3.8) is 0 Å². The van der Waals surface area contributed by atoms with Gasteiger partial charge in [0, 0.05) is 10.8 Å². The zero-order valence-electron chi connectivity index (χ0n) is 12.9. The molecule has 0 unspecified atom stereocenters. The average molecular weight is 346 g/mol. The van der Waals surface area contributed by atoms with Crippen molar-refractivity contribution >= 4 is 29.3 Å². The number of benzene rings is 2. The van der Waals surface area contributed by atoms with Gasteiger partial charge in [0.2, 0.25) is 5.91 Å². The Morgan fingerprint density at radius 1 is 1.22 bits per heavy atom. The molecule has 0 aliphatic heterocycles. The number of rotatable bonds is 5. The highest BCUT2D eigenvalue weighted by molar-refractivity contribution is 7.99. The number of hydrogen-bond donors (Lipinski definition) is 1. The lowest BCUT2D eigenvalue weighted by atomic mass is 9.88. The van der Waals surface area contributed by atoms with Gasteiger partial charge >= 0.3 is 0 Å². The second-order valence-corrected chi connectivity index (χ2v) is 7.26. The summed E-state index contributed by atoms with van der Waals surface area (Å²) in [7, 11) is 0. The maximum absolute atomic E-state index is 12.2. The van der Waals surface area contributed by atoms with E-state index in [1.165, 1.54) is 11.1 Å². The summed E-state index contributed by atoms with van der Waals surface area (Å²) in [4.78, 5) is 12.2. The van der Waals surface area contributed by atoms with Crippen LogP contribution in [-0.4, -0.2) is 11.7 Å². The third-order valence-electron chi connectivity index (χ3n) is 4.10. The SMILES string of the molecule is O=C(CSCc1cccc(Cl)c1)N[C@H]1CCCc2ccccc21. The molecule has 120 valence electrons. The highest BCUT2D eigenvalue weighted by Gasteiger charge is 2.21. The first-order valence-electron chi connectivity index (χ1n) is 7.92. The lowest BCUT2D eigenvalue weighted by molar-refractivity contribution is -0.119. The summed E-state index contributed by atoms with van der Waals surface area (Å²) in [5.74, 6) is 1.39. The van der Waals surface area contributed by atoms with Gasteiger partial charge < -0.3 is 5.32 Å². The fraction of sp³-hybridized carbons (Fsp3) is 0.316. The van der Waals surface area contributed by atoms with Crippen LogP contribution in [0, 0.1) is 0 Å². The van der Waals surface area contributed by atoms with Crippen molar-refractivity contribution in [3.05, 3.63) is 70.2 Å². The number of hydrogen-bond acceptors (Lipinski definition) is 2. The summed E-state index contributed by atoms with van der Waals surface area (Å²) in [6, 6.07) is 16.4. The minimum Gasteiger partial charge on any atom is -0.349 e. The quantitative estimate of drug-likeness (QED) is 0.845. The molecule has 2 nitrogen and oxygen atoms in total. The Morgan fingerprint density at radius 2 is 2.09 bits per heavy atom. The number of carbonyl (C=O) groups is 1. The van der Waals surface area contributed by atoms with Crippen molar-refractivity contribution in [2.24, 2.45) is 0 Å². The lowest BCUT2D eigenvalue weighted by Crippen LogP contribution is -2.32. The molecule has 0 saturated carbocycles. The van der Waals surface area contributed by atoms with Gasteiger partial charge in [0.25, 0.3) is 0 Å². The third-order valence-corrected chi connectivity index (χ3v) is 5.33. The second-order valence-electron chi connectivity index (χ2n) is 5.83. The fourth-order valence-corrected chi connectivity index (χ4v) is 4.03. The van der Waals surface area contributed by atoms with E-state index in [9.17, 15) is 4.79 Å². The first-order valence-corrected chi connectivity index (χ1v) is 9.45. The van der Waals surface area contributed by atoms with Crippen molar-refractivity contribution in [2.75, 3.05) is 5.75 Å². The fourth-order valence-electron chi connectivity index (χ4n) is 3.03. The molecule has 1 amide bonds. The smallest absolute Gasteiger partial charge is 0.230 e. The predicted octanol–water partition coefficient (Wildman–Crippen LogP) is 4.77. The van der Waals surface area contributed by atoms with Gasteiger partial charge in [-0.3, -0.25) is 4.79 Å². The zero-order chi connectivity index (χ0) is 16.1. The van der Waals surface area contributed by atoms with Crippen LogP contribution < -0.4 is 5.32 Å². The molecule has 23 heavy (non-hydrogen) atoms. The van der Waals surface area contributed by atoms with Gasteiger partial charge in [-0.1, -0.05) is 48.0 Å². The third kappa shape index (κ3) is 4.52. The zero-order valence-corrected chi connectivity index (χ0v) is 14.5. The van der Waals surface area contributed by atoms with Crippen molar-refractivity contribution < 1.29 is 4.79 Å². The number of fused-ring (bicyclic) bond motifs is 1. The van der Waals surface area contributed by atoms with Gasteiger partial charge in [0.05, 0.1) is 11.8 Å². The van der Waals surface area contributed by atoms with Gasteiger partial charge in [-0.05, 0) is 48.1 Å². The Balaban J connectivity index is 1.50. The van der Waals surface area contributed by atoms with E-state index in [-0.39, 0.29) is 11.9 Å². The van der Waals surface area contributed by atoms with Crippen molar-refractivity contribution in [2.45, 2.75) is 31.1 Å². The van der Waals surface area contributed by atoms with E-state index in [0.717, 1.165) is 35.6 Å². The van der Waals surface area contributed by atoms with E-state index in [1.807, 2.05) is 24.3 Å². The maximum Gasteiger partial charge on any atom is 0.230 e. The molecule has 4 heteroatoms. The molecule has 0 radical (unpaired) electrons. The Morgan fingerprint density at radius 3 is 2.96 bits per heavy atom. The van der Waals surface area contributed by atoms with E-state index in [4.69, 9.17) is 11.6 Å². The molecular weight excluding hydrogens is 326 g/mol. The highest BCUT2D eigenvalue weighted by Crippen LogP contribution is 2.29. The molecule has 0 aromatic heterocycles. The molecular formula is C19H20ClNOS. The number of carbonyl (C=O) groups excluding carboxylic acids is 1. The van der Waals surface area contributed by atoms with E-state index in [1.54, 1.807) is 11.8 Å². The number of aryl methyl sites for hydroxylation is 1. The van der Waals surface area contributed by atoms with E-state index in [2.05, 4.69) is 29.6 Å². The molecule has 0 fully saturated rings. The van der Waals surface area contributed by atoms with Crippen LogP contribution in [0.4, 0.5) is 0 Å². The van der Waals surface area contributed by atoms with Gasteiger partial charge in [0.1, 0.15) is 0 Å². The first-order chi connectivity index (χ1) is 11.2. The maximum atomic E-state index is 12.2. The summed E-state index contributed by atoms with van der Waals surface area (Å²) in [5, 5.41) is 3.93. The van der Waals surface area contributed by atoms with Crippen molar-refractivity contribution in [1.82, 2.24) is 5.32 Å². The van der Waals surface area contributed by atoms with Crippen molar-refractivity contribution in [1.29, 1.82) is 0 Å². The topological polar surface area (TPSA) is 29.1 Å². The number of nitrogens with one attached hydrogen (secondary N) is 1. The average Bonchev–Trinajstić information content (AvgIpc) is 2.55. The Labute approximate surface area is 146 Å². The number of halogens is 1. The Kier molecular flexibility index (Phi) is 5.63. The van der Waals surface area contributed by atoms with Crippen LogP contribution in [0.1, 0.15) is 35.6 Å². The molecule has 2 aromatic rings. The normalized spacial score (nSPS) is 16.7. The lowest BCUT2D eigenvalue weighted by Gasteiger charge is -2.26. The molecule has 2 aromatic carbocycles. The minimum atomic E-state index is 0.110. The summed E-state index contributed by atoms with van der Waals surface area (Å²) < 4.78 is 0. The summed E-state index contributed by atoms with van der Waals surface area (Å²) >= 11 is 7.60. The van der Waals surface area contributed by atoms with E-state index in [0.29, 0.717) is 5.75 Å².